The lowest BCUT2D eigenvalue weighted by Crippen LogP contribution is -2.33. The predicted octanol–water partition coefficient (Wildman–Crippen LogP) is 5.25. The summed E-state index contributed by atoms with van der Waals surface area (Å²) in [7, 11) is 0. The highest BCUT2D eigenvalue weighted by atomic mass is 35.5. The minimum absolute atomic E-state index is 0.214. The summed E-state index contributed by atoms with van der Waals surface area (Å²) in [5.74, 6) is 1.22. The van der Waals surface area contributed by atoms with Crippen LogP contribution in [0.5, 0.6) is 0 Å². The maximum Gasteiger partial charge on any atom is 0.349 e. The van der Waals surface area contributed by atoms with Crippen LogP contribution in [0.25, 0.3) is 10.2 Å². The molecule has 1 aromatic carbocycles. The third kappa shape index (κ3) is 3.84. The molecule has 3 aromatic rings. The lowest BCUT2D eigenvalue weighted by molar-refractivity contribution is 0.0478. The summed E-state index contributed by atoms with van der Waals surface area (Å²) in [5, 5.41) is 1.13. The van der Waals surface area contributed by atoms with Crippen molar-refractivity contribution in [1.29, 1.82) is 0 Å². The second-order valence-corrected chi connectivity index (χ2v) is 8.62. The van der Waals surface area contributed by atoms with Crippen LogP contribution in [0.4, 0.5) is 5.82 Å². The Labute approximate surface area is 173 Å². The molecule has 0 atom stereocenters. The van der Waals surface area contributed by atoms with E-state index < -0.39 is 0 Å². The SMILES string of the molecule is Cc1c(C(=O)OCc2ccccc2)sc2nc(Cl)nc(N3CCC(C)CC3)c12. The number of hydrogen-bond donors (Lipinski definition) is 0. The van der Waals surface area contributed by atoms with Gasteiger partial charge in [-0.05, 0) is 48.4 Å². The van der Waals surface area contributed by atoms with E-state index in [0.717, 1.165) is 59.0 Å². The monoisotopic (exact) mass is 415 g/mol. The first kappa shape index (κ1) is 19.2. The first-order valence-electron chi connectivity index (χ1n) is 9.45. The summed E-state index contributed by atoms with van der Waals surface area (Å²) in [6.45, 7) is 6.33. The molecule has 0 spiro atoms. The molecule has 1 saturated heterocycles. The van der Waals surface area contributed by atoms with E-state index in [1.165, 1.54) is 11.3 Å². The molecule has 7 heteroatoms. The fourth-order valence-electron chi connectivity index (χ4n) is 3.52. The molecule has 0 radical (unpaired) electrons. The molecule has 5 nitrogen and oxygen atoms in total. The molecule has 0 bridgehead atoms. The van der Waals surface area contributed by atoms with Crippen molar-refractivity contribution in [1.82, 2.24) is 9.97 Å². The molecular weight excluding hydrogens is 394 g/mol. The Morgan fingerprint density at radius 3 is 2.68 bits per heavy atom. The lowest BCUT2D eigenvalue weighted by atomic mass is 9.99. The van der Waals surface area contributed by atoms with E-state index in [0.29, 0.717) is 4.88 Å². The van der Waals surface area contributed by atoms with Crippen molar-refractivity contribution in [2.45, 2.75) is 33.3 Å². The Kier molecular flexibility index (Phi) is 5.51. The van der Waals surface area contributed by atoms with E-state index in [4.69, 9.17) is 16.3 Å². The van der Waals surface area contributed by atoms with Crippen molar-refractivity contribution in [3.05, 3.63) is 51.6 Å². The van der Waals surface area contributed by atoms with E-state index >= 15 is 0 Å². The molecule has 1 aliphatic rings. The van der Waals surface area contributed by atoms with Crippen LogP contribution in [0.15, 0.2) is 30.3 Å². The van der Waals surface area contributed by atoms with Gasteiger partial charge in [-0.1, -0.05) is 37.3 Å². The van der Waals surface area contributed by atoms with E-state index in [2.05, 4.69) is 21.8 Å². The number of benzene rings is 1. The summed E-state index contributed by atoms with van der Waals surface area (Å²) in [4.78, 5) is 25.2. The Hall–Kier alpha value is -2.18. The molecule has 1 aliphatic heterocycles. The summed E-state index contributed by atoms with van der Waals surface area (Å²) in [6.07, 6.45) is 2.25. The molecule has 0 N–H and O–H groups in total. The van der Waals surface area contributed by atoms with Gasteiger partial charge in [-0.3, -0.25) is 0 Å². The van der Waals surface area contributed by atoms with Crippen LogP contribution in [0.2, 0.25) is 5.28 Å². The topological polar surface area (TPSA) is 55.3 Å². The van der Waals surface area contributed by atoms with Crippen LogP contribution >= 0.6 is 22.9 Å². The maximum absolute atomic E-state index is 12.7. The van der Waals surface area contributed by atoms with Gasteiger partial charge in [0.1, 0.15) is 22.1 Å². The summed E-state index contributed by atoms with van der Waals surface area (Å²) in [6, 6.07) is 9.67. The third-order valence-corrected chi connectivity index (χ3v) is 6.56. The predicted molar refractivity (Wildman–Crippen MR) is 113 cm³/mol. The van der Waals surface area contributed by atoms with E-state index in [1.807, 2.05) is 37.3 Å². The highest BCUT2D eigenvalue weighted by Crippen LogP contribution is 2.37. The minimum Gasteiger partial charge on any atom is -0.457 e. The Bertz CT molecular complexity index is 998. The number of aryl methyl sites for hydroxylation is 1. The first-order valence-corrected chi connectivity index (χ1v) is 10.6. The fourth-order valence-corrected chi connectivity index (χ4v) is 4.81. The number of fused-ring (bicyclic) bond motifs is 1. The molecular formula is C21H22ClN3O2S. The van der Waals surface area contributed by atoms with Crippen molar-refractivity contribution in [2.24, 2.45) is 5.92 Å². The molecule has 0 saturated carbocycles. The maximum atomic E-state index is 12.7. The van der Waals surface area contributed by atoms with Crippen molar-refractivity contribution in [3.8, 4) is 0 Å². The van der Waals surface area contributed by atoms with Gasteiger partial charge in [-0.2, -0.15) is 4.98 Å². The minimum atomic E-state index is -0.335. The fraction of sp³-hybridized carbons (Fsp3) is 0.381. The standard InChI is InChI=1S/C21H22ClN3O2S/c1-13-8-10-25(11-9-13)18-16-14(2)17(28-19(16)24-21(22)23-18)20(26)27-12-15-6-4-3-5-7-15/h3-7,13H,8-12H2,1-2H3. The van der Waals surface area contributed by atoms with Gasteiger partial charge < -0.3 is 9.64 Å². The zero-order valence-corrected chi connectivity index (χ0v) is 17.5. The molecule has 2 aromatic heterocycles. The van der Waals surface area contributed by atoms with Gasteiger partial charge in [-0.15, -0.1) is 11.3 Å². The molecule has 146 valence electrons. The zero-order valence-electron chi connectivity index (χ0n) is 15.9. The molecule has 3 heterocycles. The number of piperidine rings is 1. The number of carbonyl (C=O) groups is 1. The third-order valence-electron chi connectivity index (χ3n) is 5.23. The average molecular weight is 416 g/mol. The van der Waals surface area contributed by atoms with E-state index in [1.54, 1.807) is 0 Å². The molecule has 0 aliphatic carbocycles. The summed E-state index contributed by atoms with van der Waals surface area (Å²) < 4.78 is 5.53. The van der Waals surface area contributed by atoms with Crippen LogP contribution in [0.1, 0.15) is 40.6 Å². The van der Waals surface area contributed by atoms with Crippen molar-refractivity contribution >= 4 is 44.9 Å². The van der Waals surface area contributed by atoms with Gasteiger partial charge in [0.25, 0.3) is 0 Å². The van der Waals surface area contributed by atoms with Crippen molar-refractivity contribution < 1.29 is 9.53 Å². The van der Waals surface area contributed by atoms with Crippen LogP contribution < -0.4 is 4.90 Å². The van der Waals surface area contributed by atoms with Crippen LogP contribution in [0, 0.1) is 12.8 Å². The van der Waals surface area contributed by atoms with Crippen LogP contribution in [-0.2, 0) is 11.3 Å². The summed E-state index contributed by atoms with van der Waals surface area (Å²) >= 11 is 7.52. The Morgan fingerprint density at radius 2 is 1.96 bits per heavy atom. The second-order valence-electron chi connectivity index (χ2n) is 7.28. The first-order chi connectivity index (χ1) is 13.5. The van der Waals surface area contributed by atoms with Crippen LogP contribution in [-0.4, -0.2) is 29.0 Å². The number of anilines is 1. The number of aromatic nitrogens is 2. The molecule has 28 heavy (non-hydrogen) atoms. The Balaban J connectivity index is 1.64. The van der Waals surface area contributed by atoms with Gasteiger partial charge in [0.15, 0.2) is 0 Å². The van der Waals surface area contributed by atoms with Crippen LogP contribution in [0.3, 0.4) is 0 Å². The number of thiophene rings is 1. The van der Waals surface area contributed by atoms with Crippen molar-refractivity contribution in [3.63, 3.8) is 0 Å². The molecule has 0 unspecified atom stereocenters. The van der Waals surface area contributed by atoms with Gasteiger partial charge in [0, 0.05) is 13.1 Å². The van der Waals surface area contributed by atoms with Crippen molar-refractivity contribution in [2.75, 3.05) is 18.0 Å². The highest BCUT2D eigenvalue weighted by molar-refractivity contribution is 7.20. The van der Waals surface area contributed by atoms with Gasteiger partial charge in [-0.25, -0.2) is 9.78 Å². The van der Waals surface area contributed by atoms with Gasteiger partial charge in [0.05, 0.1) is 5.39 Å². The highest BCUT2D eigenvalue weighted by Gasteiger charge is 2.25. The zero-order chi connectivity index (χ0) is 19.7. The van der Waals surface area contributed by atoms with Gasteiger partial charge >= 0.3 is 5.97 Å². The number of nitrogens with zero attached hydrogens (tertiary/aromatic N) is 3. The molecule has 1 fully saturated rings. The van der Waals surface area contributed by atoms with E-state index in [-0.39, 0.29) is 17.9 Å². The van der Waals surface area contributed by atoms with E-state index in [9.17, 15) is 4.79 Å². The average Bonchev–Trinajstić information content (AvgIpc) is 3.03. The molecule has 0 amide bonds. The number of hydrogen-bond acceptors (Lipinski definition) is 6. The number of halogens is 1. The smallest absolute Gasteiger partial charge is 0.349 e. The number of carbonyl (C=O) groups excluding carboxylic acids is 1. The number of ether oxygens (including phenoxy) is 1. The number of rotatable bonds is 4. The Morgan fingerprint density at radius 1 is 1.25 bits per heavy atom. The summed E-state index contributed by atoms with van der Waals surface area (Å²) in [5.41, 5.74) is 1.82. The van der Waals surface area contributed by atoms with Gasteiger partial charge in [0.2, 0.25) is 5.28 Å². The lowest BCUT2D eigenvalue weighted by Gasteiger charge is -2.31. The second kappa shape index (κ2) is 8.05. The normalized spacial score (nSPS) is 15.2. The molecule has 4 rings (SSSR count). The number of esters is 1. The largest absolute Gasteiger partial charge is 0.457 e. The quantitative estimate of drug-likeness (QED) is 0.430.